The van der Waals surface area contributed by atoms with E-state index in [1.54, 1.807) is 11.3 Å². The number of ketones is 1. The van der Waals surface area contributed by atoms with Crippen molar-refractivity contribution in [2.24, 2.45) is 7.05 Å². The van der Waals surface area contributed by atoms with Gasteiger partial charge in [0.25, 0.3) is 0 Å². The Balaban J connectivity index is 1.43. The first-order chi connectivity index (χ1) is 14.5. The third-order valence-electron chi connectivity index (χ3n) is 5.24. The molecule has 0 aliphatic heterocycles. The molecule has 3 heterocycles. The minimum atomic E-state index is 0.125. The van der Waals surface area contributed by atoms with E-state index in [0.29, 0.717) is 5.75 Å². The number of hydrogen-bond acceptors (Lipinski definition) is 5. The largest absolute Gasteiger partial charge is 0.348 e. The summed E-state index contributed by atoms with van der Waals surface area (Å²) in [4.78, 5) is 14.3. The van der Waals surface area contributed by atoms with Gasteiger partial charge in [-0.3, -0.25) is 4.79 Å². The molecular weight excluding hydrogens is 412 g/mol. The maximum absolute atomic E-state index is 12.9. The number of thiophene rings is 1. The highest BCUT2D eigenvalue weighted by molar-refractivity contribution is 7.99. The third-order valence-corrected chi connectivity index (χ3v) is 7.19. The van der Waals surface area contributed by atoms with Crippen LogP contribution in [0.4, 0.5) is 0 Å². The number of rotatable bonds is 8. The van der Waals surface area contributed by atoms with Crippen LogP contribution in [0, 0.1) is 13.8 Å². The van der Waals surface area contributed by atoms with E-state index < -0.39 is 0 Å². The first-order valence-corrected chi connectivity index (χ1v) is 11.7. The van der Waals surface area contributed by atoms with E-state index in [-0.39, 0.29) is 5.78 Å². The molecule has 3 aromatic heterocycles. The Bertz CT molecular complexity index is 1140. The van der Waals surface area contributed by atoms with Crippen LogP contribution < -0.4 is 0 Å². The van der Waals surface area contributed by atoms with Crippen LogP contribution in [0.2, 0.25) is 0 Å². The van der Waals surface area contributed by atoms with Crippen molar-refractivity contribution in [3.05, 3.63) is 75.7 Å². The second-order valence-electron chi connectivity index (χ2n) is 7.21. The molecule has 0 amide bonds. The lowest BCUT2D eigenvalue weighted by Crippen LogP contribution is -2.08. The predicted molar refractivity (Wildman–Crippen MR) is 123 cm³/mol. The normalized spacial score (nSPS) is 11.2. The molecular formula is C23H24N4OS2. The summed E-state index contributed by atoms with van der Waals surface area (Å²) in [5.41, 5.74) is 3.98. The molecule has 0 unspecified atom stereocenters. The Morgan fingerprint density at radius 1 is 1.10 bits per heavy atom. The van der Waals surface area contributed by atoms with E-state index in [2.05, 4.69) is 39.2 Å². The first kappa shape index (κ1) is 20.6. The van der Waals surface area contributed by atoms with Crippen LogP contribution in [-0.4, -0.2) is 30.9 Å². The lowest BCUT2D eigenvalue weighted by atomic mass is 10.2. The predicted octanol–water partition coefficient (Wildman–Crippen LogP) is 5.18. The minimum Gasteiger partial charge on any atom is -0.348 e. The Morgan fingerprint density at radius 2 is 1.90 bits per heavy atom. The van der Waals surface area contributed by atoms with Gasteiger partial charge in [0.05, 0.1) is 5.75 Å². The Hall–Kier alpha value is -2.64. The van der Waals surface area contributed by atoms with Gasteiger partial charge in [-0.05, 0) is 37.8 Å². The van der Waals surface area contributed by atoms with Crippen molar-refractivity contribution in [3.63, 3.8) is 0 Å². The van der Waals surface area contributed by atoms with Gasteiger partial charge in [0.1, 0.15) is 0 Å². The summed E-state index contributed by atoms with van der Waals surface area (Å²) in [6.45, 7) is 5.00. The fraction of sp³-hybridized carbons (Fsp3) is 0.261. The number of carbonyl (C=O) groups excluding carboxylic acids is 1. The number of benzene rings is 1. The fourth-order valence-corrected chi connectivity index (χ4v) is 5.08. The molecule has 0 saturated carbocycles. The molecule has 5 nitrogen and oxygen atoms in total. The molecule has 0 atom stereocenters. The summed E-state index contributed by atoms with van der Waals surface area (Å²) in [5, 5.41) is 11.4. The molecule has 0 N–H and O–H groups in total. The van der Waals surface area contributed by atoms with Gasteiger partial charge in [-0.2, -0.15) is 0 Å². The molecule has 1 aromatic carbocycles. The van der Waals surface area contributed by atoms with Crippen LogP contribution in [0.1, 0.15) is 26.6 Å². The van der Waals surface area contributed by atoms with Gasteiger partial charge < -0.3 is 9.13 Å². The van der Waals surface area contributed by atoms with E-state index in [1.165, 1.54) is 16.6 Å². The van der Waals surface area contributed by atoms with Crippen LogP contribution >= 0.6 is 23.1 Å². The monoisotopic (exact) mass is 436 g/mol. The van der Waals surface area contributed by atoms with E-state index in [1.807, 2.05) is 54.9 Å². The fourth-order valence-electron chi connectivity index (χ4n) is 3.59. The van der Waals surface area contributed by atoms with E-state index in [9.17, 15) is 4.79 Å². The van der Waals surface area contributed by atoms with Crippen molar-refractivity contribution < 1.29 is 4.79 Å². The smallest absolute Gasteiger partial charge is 0.191 e. The number of hydrogen-bond donors (Lipinski definition) is 0. The van der Waals surface area contributed by atoms with E-state index in [4.69, 9.17) is 0 Å². The highest BCUT2D eigenvalue weighted by Crippen LogP contribution is 2.24. The number of Topliss-reactive ketones (excluding diaryl/α,β-unsaturated/α-hetero) is 1. The third kappa shape index (κ3) is 4.27. The van der Waals surface area contributed by atoms with Crippen LogP contribution in [0.5, 0.6) is 0 Å². The summed E-state index contributed by atoms with van der Waals surface area (Å²) < 4.78 is 4.19. The Labute approximate surface area is 184 Å². The lowest BCUT2D eigenvalue weighted by Gasteiger charge is -2.09. The maximum atomic E-state index is 12.9. The molecule has 0 radical (unpaired) electrons. The molecule has 4 aromatic rings. The molecule has 0 aliphatic carbocycles. The number of nitrogens with zero attached hydrogens (tertiary/aromatic N) is 4. The highest BCUT2D eigenvalue weighted by Gasteiger charge is 2.18. The van der Waals surface area contributed by atoms with Crippen molar-refractivity contribution in [3.8, 4) is 11.4 Å². The Kier molecular flexibility index (Phi) is 6.20. The minimum absolute atomic E-state index is 0.125. The first-order valence-electron chi connectivity index (χ1n) is 9.84. The molecule has 0 aliphatic rings. The Morgan fingerprint density at radius 3 is 2.63 bits per heavy atom. The average Bonchev–Trinajstić information content (AvgIpc) is 3.46. The lowest BCUT2D eigenvalue weighted by molar-refractivity contribution is 0.102. The number of thioether (sulfide) groups is 1. The zero-order valence-corrected chi connectivity index (χ0v) is 19.0. The highest BCUT2D eigenvalue weighted by atomic mass is 32.2. The summed E-state index contributed by atoms with van der Waals surface area (Å²) in [5.74, 6) is 1.27. The van der Waals surface area contributed by atoms with Crippen LogP contribution in [0.25, 0.3) is 11.4 Å². The number of aryl methyl sites for hydroxylation is 2. The molecule has 0 fully saturated rings. The van der Waals surface area contributed by atoms with Crippen molar-refractivity contribution >= 4 is 28.9 Å². The van der Waals surface area contributed by atoms with Crippen LogP contribution in [-0.2, 0) is 20.0 Å². The van der Waals surface area contributed by atoms with Crippen molar-refractivity contribution in [2.45, 2.75) is 32.0 Å². The van der Waals surface area contributed by atoms with Gasteiger partial charge in [0.15, 0.2) is 16.8 Å². The number of aromatic nitrogens is 4. The van der Waals surface area contributed by atoms with Crippen LogP contribution in [0.3, 0.4) is 0 Å². The van der Waals surface area contributed by atoms with Gasteiger partial charge >= 0.3 is 0 Å². The summed E-state index contributed by atoms with van der Waals surface area (Å²) in [6.07, 6.45) is 0.984. The SMILES string of the molecule is Cc1cc(C(=O)CSc2nnc(-c3ccccc3)n2C)c(C)n1CCc1cccs1. The summed E-state index contributed by atoms with van der Waals surface area (Å²) >= 11 is 3.21. The summed E-state index contributed by atoms with van der Waals surface area (Å²) in [7, 11) is 1.94. The number of carbonyl (C=O) groups is 1. The molecule has 4 rings (SSSR count). The molecule has 0 bridgehead atoms. The maximum Gasteiger partial charge on any atom is 0.191 e. The van der Waals surface area contributed by atoms with Crippen molar-refractivity contribution in [1.29, 1.82) is 0 Å². The molecule has 0 saturated heterocycles. The van der Waals surface area contributed by atoms with Crippen molar-refractivity contribution in [2.75, 3.05) is 5.75 Å². The van der Waals surface area contributed by atoms with E-state index in [0.717, 1.165) is 46.5 Å². The zero-order chi connectivity index (χ0) is 21.1. The molecule has 7 heteroatoms. The topological polar surface area (TPSA) is 52.7 Å². The van der Waals surface area contributed by atoms with Gasteiger partial charge in [-0.25, -0.2) is 0 Å². The zero-order valence-electron chi connectivity index (χ0n) is 17.3. The molecule has 0 spiro atoms. The van der Waals surface area contributed by atoms with Gasteiger partial charge in [-0.15, -0.1) is 21.5 Å². The van der Waals surface area contributed by atoms with E-state index >= 15 is 0 Å². The summed E-state index contributed by atoms with van der Waals surface area (Å²) in [6, 6.07) is 16.2. The quantitative estimate of drug-likeness (QED) is 0.282. The standard InChI is InChI=1S/C23H24N4OS2/c1-16-14-20(17(2)27(16)12-11-19-10-7-13-29-19)21(28)15-30-23-25-24-22(26(23)3)18-8-5-4-6-9-18/h4-10,13-14H,11-12,15H2,1-3H3. The molecule has 30 heavy (non-hydrogen) atoms. The van der Waals surface area contributed by atoms with Gasteiger partial charge in [0, 0.05) is 41.0 Å². The average molecular weight is 437 g/mol. The van der Waals surface area contributed by atoms with Gasteiger partial charge in [0.2, 0.25) is 0 Å². The molecule has 154 valence electrons. The van der Waals surface area contributed by atoms with Crippen LogP contribution in [0.15, 0.2) is 59.1 Å². The second kappa shape index (κ2) is 9.02. The van der Waals surface area contributed by atoms with Gasteiger partial charge in [-0.1, -0.05) is 48.2 Å². The van der Waals surface area contributed by atoms with Crippen molar-refractivity contribution in [1.82, 2.24) is 19.3 Å². The second-order valence-corrected chi connectivity index (χ2v) is 9.18.